The zero-order valence-corrected chi connectivity index (χ0v) is 14.9. The predicted octanol–water partition coefficient (Wildman–Crippen LogP) is 4.23. The summed E-state index contributed by atoms with van der Waals surface area (Å²) in [5, 5.41) is 3.10. The van der Waals surface area contributed by atoms with Crippen LogP contribution >= 0.6 is 17.2 Å². The number of benzene rings is 2. The molecule has 0 amide bonds. The van der Waals surface area contributed by atoms with Crippen molar-refractivity contribution in [1.82, 2.24) is 0 Å². The van der Waals surface area contributed by atoms with E-state index in [-0.39, 0.29) is 0 Å². The Morgan fingerprint density at radius 1 is 0.650 bits per heavy atom. The SMILES string of the molecule is Cc1cccc(PCCPc2cccc(C)c2C)c1C. The van der Waals surface area contributed by atoms with Gasteiger partial charge in [0.15, 0.2) is 0 Å². The topological polar surface area (TPSA) is 0 Å². The third-order valence-corrected chi connectivity index (χ3v) is 7.31. The Kier molecular flexibility index (Phi) is 5.76. The van der Waals surface area contributed by atoms with Crippen LogP contribution in [0.25, 0.3) is 0 Å². The normalized spacial score (nSPS) is 12.0. The van der Waals surface area contributed by atoms with Crippen LogP contribution < -0.4 is 10.6 Å². The van der Waals surface area contributed by atoms with Crippen molar-refractivity contribution in [2.24, 2.45) is 0 Å². The van der Waals surface area contributed by atoms with Crippen molar-refractivity contribution in [2.75, 3.05) is 12.3 Å². The lowest BCUT2D eigenvalue weighted by molar-refractivity contribution is 1.36. The van der Waals surface area contributed by atoms with Gasteiger partial charge in [0.1, 0.15) is 0 Å². The summed E-state index contributed by atoms with van der Waals surface area (Å²) < 4.78 is 0. The van der Waals surface area contributed by atoms with Gasteiger partial charge in [-0.1, -0.05) is 53.6 Å². The lowest BCUT2D eigenvalue weighted by Crippen LogP contribution is -2.06. The largest absolute Gasteiger partial charge is 0.0897 e. The Balaban J connectivity index is 1.88. The van der Waals surface area contributed by atoms with E-state index < -0.39 is 0 Å². The molecular formula is C18H24P2. The van der Waals surface area contributed by atoms with Gasteiger partial charge in [0.2, 0.25) is 0 Å². The van der Waals surface area contributed by atoms with Crippen molar-refractivity contribution < 1.29 is 0 Å². The molecule has 0 spiro atoms. The average molecular weight is 302 g/mol. The van der Waals surface area contributed by atoms with Gasteiger partial charge in [-0.2, -0.15) is 0 Å². The van der Waals surface area contributed by atoms with E-state index in [2.05, 4.69) is 64.1 Å². The molecule has 2 aromatic rings. The molecule has 0 aromatic heterocycles. The van der Waals surface area contributed by atoms with E-state index in [0.29, 0.717) is 0 Å². The number of hydrogen-bond acceptors (Lipinski definition) is 0. The first-order valence-electron chi connectivity index (χ1n) is 7.20. The molecule has 2 atom stereocenters. The fraction of sp³-hybridized carbons (Fsp3) is 0.333. The summed E-state index contributed by atoms with van der Waals surface area (Å²) in [4.78, 5) is 0. The summed E-state index contributed by atoms with van der Waals surface area (Å²) in [7, 11) is 1.90. The predicted molar refractivity (Wildman–Crippen MR) is 97.5 cm³/mol. The summed E-state index contributed by atoms with van der Waals surface area (Å²) >= 11 is 0. The van der Waals surface area contributed by atoms with Gasteiger partial charge in [-0.25, -0.2) is 0 Å². The van der Waals surface area contributed by atoms with Gasteiger partial charge in [0, 0.05) is 0 Å². The maximum Gasteiger partial charge on any atom is -0.0240 e. The molecule has 106 valence electrons. The third kappa shape index (κ3) is 3.91. The summed E-state index contributed by atoms with van der Waals surface area (Å²) in [6.07, 6.45) is 2.63. The Hall–Kier alpha value is -0.700. The molecular weight excluding hydrogens is 278 g/mol. The highest BCUT2D eigenvalue weighted by molar-refractivity contribution is 7.51. The van der Waals surface area contributed by atoms with Gasteiger partial charge in [-0.3, -0.25) is 0 Å². The first-order chi connectivity index (χ1) is 9.59. The Morgan fingerprint density at radius 2 is 1.05 bits per heavy atom. The van der Waals surface area contributed by atoms with E-state index in [1.165, 1.54) is 34.6 Å². The molecule has 0 aliphatic carbocycles. The fourth-order valence-corrected chi connectivity index (χ4v) is 5.17. The lowest BCUT2D eigenvalue weighted by atomic mass is 10.1. The maximum absolute atomic E-state index is 2.29. The minimum Gasteiger partial charge on any atom is -0.0897 e. The van der Waals surface area contributed by atoms with Crippen molar-refractivity contribution >= 4 is 27.8 Å². The van der Waals surface area contributed by atoms with Gasteiger partial charge in [0.05, 0.1) is 0 Å². The molecule has 0 bridgehead atoms. The van der Waals surface area contributed by atoms with Gasteiger partial charge >= 0.3 is 0 Å². The molecule has 2 heteroatoms. The summed E-state index contributed by atoms with van der Waals surface area (Å²) in [6, 6.07) is 13.4. The van der Waals surface area contributed by atoms with Crippen molar-refractivity contribution in [3.8, 4) is 0 Å². The highest BCUT2D eigenvalue weighted by Gasteiger charge is 2.02. The minimum absolute atomic E-state index is 0.952. The molecule has 0 fully saturated rings. The number of rotatable bonds is 5. The van der Waals surface area contributed by atoms with Crippen molar-refractivity contribution in [1.29, 1.82) is 0 Å². The third-order valence-electron chi connectivity index (χ3n) is 3.97. The minimum atomic E-state index is 0.952. The van der Waals surface area contributed by atoms with E-state index in [1.54, 1.807) is 10.6 Å². The lowest BCUT2D eigenvalue weighted by Gasteiger charge is -2.10. The molecule has 20 heavy (non-hydrogen) atoms. The van der Waals surface area contributed by atoms with Crippen LogP contribution in [0.4, 0.5) is 0 Å². The first kappa shape index (κ1) is 15.7. The van der Waals surface area contributed by atoms with Crippen LogP contribution in [0.3, 0.4) is 0 Å². The smallest absolute Gasteiger partial charge is 0.0240 e. The van der Waals surface area contributed by atoms with Crippen LogP contribution in [-0.4, -0.2) is 12.3 Å². The van der Waals surface area contributed by atoms with Crippen molar-refractivity contribution in [3.05, 3.63) is 58.7 Å². The van der Waals surface area contributed by atoms with E-state index in [9.17, 15) is 0 Å². The highest BCUT2D eigenvalue weighted by atomic mass is 31.1. The molecule has 0 saturated carbocycles. The molecule has 0 radical (unpaired) electrons. The molecule has 0 nitrogen and oxygen atoms in total. The molecule has 0 aliphatic rings. The zero-order valence-electron chi connectivity index (χ0n) is 12.9. The average Bonchev–Trinajstić information content (AvgIpc) is 2.43. The molecule has 0 saturated heterocycles. The van der Waals surface area contributed by atoms with E-state index in [0.717, 1.165) is 17.2 Å². The van der Waals surface area contributed by atoms with Crippen molar-refractivity contribution in [2.45, 2.75) is 27.7 Å². The molecule has 2 aromatic carbocycles. The second-order valence-corrected chi connectivity index (χ2v) is 8.13. The Morgan fingerprint density at radius 3 is 1.45 bits per heavy atom. The van der Waals surface area contributed by atoms with Crippen LogP contribution in [0, 0.1) is 27.7 Å². The molecule has 2 unspecified atom stereocenters. The standard InChI is InChI=1S/C18H24P2/c1-13-7-5-9-17(15(13)3)19-11-12-20-18-10-6-8-14(2)16(18)4/h5-10,19-20H,11-12H2,1-4H3. The Labute approximate surface area is 127 Å². The van der Waals surface area contributed by atoms with E-state index in [4.69, 9.17) is 0 Å². The zero-order chi connectivity index (χ0) is 14.5. The van der Waals surface area contributed by atoms with Gasteiger partial charge in [-0.15, -0.1) is 0 Å². The van der Waals surface area contributed by atoms with Crippen LogP contribution in [0.5, 0.6) is 0 Å². The second-order valence-electron chi connectivity index (χ2n) is 5.35. The number of hydrogen-bond donors (Lipinski definition) is 0. The summed E-state index contributed by atoms with van der Waals surface area (Å²) in [6.45, 7) is 8.93. The summed E-state index contributed by atoms with van der Waals surface area (Å²) in [5.41, 5.74) is 5.82. The molecule has 0 N–H and O–H groups in total. The van der Waals surface area contributed by atoms with Crippen LogP contribution in [0.15, 0.2) is 36.4 Å². The fourth-order valence-electron chi connectivity index (χ4n) is 2.28. The summed E-state index contributed by atoms with van der Waals surface area (Å²) in [5.74, 6) is 0. The first-order valence-corrected chi connectivity index (χ1v) is 9.61. The molecule has 2 rings (SSSR count). The second kappa shape index (κ2) is 7.35. The van der Waals surface area contributed by atoms with Gasteiger partial charge < -0.3 is 0 Å². The highest BCUT2D eigenvalue weighted by Crippen LogP contribution is 2.21. The monoisotopic (exact) mass is 302 g/mol. The molecule has 0 heterocycles. The maximum atomic E-state index is 2.29. The number of aryl methyl sites for hydroxylation is 2. The van der Waals surface area contributed by atoms with Crippen LogP contribution in [-0.2, 0) is 0 Å². The van der Waals surface area contributed by atoms with Gasteiger partial charge in [-0.05, 0) is 72.9 Å². The molecule has 0 aliphatic heterocycles. The van der Waals surface area contributed by atoms with Crippen LogP contribution in [0.1, 0.15) is 22.3 Å². The van der Waals surface area contributed by atoms with Crippen LogP contribution in [0.2, 0.25) is 0 Å². The quantitative estimate of drug-likeness (QED) is 0.573. The van der Waals surface area contributed by atoms with E-state index in [1.807, 2.05) is 0 Å². The van der Waals surface area contributed by atoms with Crippen molar-refractivity contribution in [3.63, 3.8) is 0 Å². The van der Waals surface area contributed by atoms with Gasteiger partial charge in [0.25, 0.3) is 0 Å². The Bertz CT molecular complexity index is 534. The van der Waals surface area contributed by atoms with E-state index >= 15 is 0 Å².